The first-order valence-electron chi connectivity index (χ1n) is 8.69. The van der Waals surface area contributed by atoms with Gasteiger partial charge in [-0.3, -0.25) is 9.59 Å². The zero-order valence-electron chi connectivity index (χ0n) is 14.6. The molecule has 132 valence electrons. The fourth-order valence-electron chi connectivity index (χ4n) is 4.05. The molecule has 2 aromatic rings. The van der Waals surface area contributed by atoms with Crippen molar-refractivity contribution in [1.29, 1.82) is 0 Å². The summed E-state index contributed by atoms with van der Waals surface area (Å²) >= 11 is 0. The van der Waals surface area contributed by atoms with Crippen LogP contribution < -0.4 is 10.1 Å². The average Bonchev–Trinajstić information content (AvgIpc) is 3.19. The van der Waals surface area contributed by atoms with Crippen LogP contribution in [0.5, 0.6) is 5.75 Å². The van der Waals surface area contributed by atoms with E-state index in [0.29, 0.717) is 30.2 Å². The highest BCUT2D eigenvalue weighted by atomic mass is 16.5. The normalized spacial score (nSPS) is 23.3. The van der Waals surface area contributed by atoms with Crippen molar-refractivity contribution >= 4 is 22.8 Å². The van der Waals surface area contributed by atoms with Crippen molar-refractivity contribution in [3.05, 3.63) is 29.5 Å². The number of amides is 2. The number of benzene rings is 1. The largest absolute Gasteiger partial charge is 0.497 e. The van der Waals surface area contributed by atoms with Crippen molar-refractivity contribution in [3.63, 3.8) is 0 Å². The molecule has 1 atom stereocenters. The first-order chi connectivity index (χ1) is 12.0. The smallest absolute Gasteiger partial charge is 0.289 e. The summed E-state index contributed by atoms with van der Waals surface area (Å²) in [5.74, 6) is 0.999. The maximum atomic E-state index is 13.0. The summed E-state index contributed by atoms with van der Waals surface area (Å²) in [5, 5.41) is 3.86. The molecule has 2 aliphatic rings. The minimum absolute atomic E-state index is 0.0834. The van der Waals surface area contributed by atoms with E-state index in [-0.39, 0.29) is 11.8 Å². The summed E-state index contributed by atoms with van der Waals surface area (Å²) in [6.45, 7) is 3.69. The molecular formula is C19H22N2O4. The summed E-state index contributed by atoms with van der Waals surface area (Å²) in [7, 11) is 1.60. The van der Waals surface area contributed by atoms with Crippen LogP contribution in [0.1, 0.15) is 35.4 Å². The number of fused-ring (bicyclic) bond motifs is 1. The molecule has 3 heterocycles. The van der Waals surface area contributed by atoms with Crippen molar-refractivity contribution in [2.24, 2.45) is 5.41 Å². The number of hydrogen-bond donors (Lipinski definition) is 1. The van der Waals surface area contributed by atoms with Gasteiger partial charge in [-0.05, 0) is 38.3 Å². The number of aryl methyl sites for hydroxylation is 1. The molecule has 0 saturated carbocycles. The van der Waals surface area contributed by atoms with E-state index in [2.05, 4.69) is 5.32 Å². The molecule has 0 aliphatic carbocycles. The van der Waals surface area contributed by atoms with Crippen LogP contribution in [0.2, 0.25) is 0 Å². The van der Waals surface area contributed by atoms with Crippen LogP contribution in [0, 0.1) is 12.3 Å². The molecule has 25 heavy (non-hydrogen) atoms. The van der Waals surface area contributed by atoms with E-state index in [1.54, 1.807) is 18.1 Å². The van der Waals surface area contributed by atoms with Gasteiger partial charge in [0, 0.05) is 36.7 Å². The van der Waals surface area contributed by atoms with E-state index in [4.69, 9.17) is 9.15 Å². The number of ether oxygens (including phenoxy) is 1. The van der Waals surface area contributed by atoms with Gasteiger partial charge in [-0.2, -0.15) is 0 Å². The molecule has 1 spiro atoms. The fourth-order valence-corrected chi connectivity index (χ4v) is 4.05. The van der Waals surface area contributed by atoms with Gasteiger partial charge in [0.25, 0.3) is 5.91 Å². The quantitative estimate of drug-likeness (QED) is 0.910. The molecule has 2 aliphatic heterocycles. The van der Waals surface area contributed by atoms with E-state index >= 15 is 0 Å². The van der Waals surface area contributed by atoms with Crippen molar-refractivity contribution in [2.45, 2.75) is 26.2 Å². The zero-order valence-corrected chi connectivity index (χ0v) is 14.6. The highest BCUT2D eigenvalue weighted by Crippen LogP contribution is 2.38. The number of methoxy groups -OCH3 is 1. The van der Waals surface area contributed by atoms with Gasteiger partial charge in [0.1, 0.15) is 11.3 Å². The van der Waals surface area contributed by atoms with Crippen LogP contribution in [0.3, 0.4) is 0 Å². The minimum atomic E-state index is -0.420. The molecule has 2 saturated heterocycles. The van der Waals surface area contributed by atoms with Crippen LogP contribution in [0.4, 0.5) is 0 Å². The van der Waals surface area contributed by atoms with Gasteiger partial charge < -0.3 is 19.4 Å². The lowest BCUT2D eigenvalue weighted by Gasteiger charge is -2.32. The van der Waals surface area contributed by atoms with Crippen LogP contribution in [0.25, 0.3) is 11.0 Å². The Labute approximate surface area is 146 Å². The number of piperidine rings is 1. The second-order valence-corrected chi connectivity index (χ2v) is 7.03. The third-order valence-corrected chi connectivity index (χ3v) is 5.58. The maximum Gasteiger partial charge on any atom is 0.289 e. The first kappa shape index (κ1) is 16.0. The molecule has 2 fully saturated rings. The van der Waals surface area contributed by atoms with Gasteiger partial charge in [0.2, 0.25) is 5.91 Å². The Balaban J connectivity index is 1.62. The van der Waals surface area contributed by atoms with Gasteiger partial charge in [-0.15, -0.1) is 0 Å². The van der Waals surface area contributed by atoms with Crippen molar-refractivity contribution in [2.75, 3.05) is 26.7 Å². The minimum Gasteiger partial charge on any atom is -0.497 e. The van der Waals surface area contributed by atoms with Crippen LogP contribution in [-0.2, 0) is 4.79 Å². The SMILES string of the molecule is COc1ccc2c(C)c(C(=O)N3CC[C@@]4(CCCNC4=O)C3)oc2c1. The third kappa shape index (κ3) is 2.47. The number of nitrogens with one attached hydrogen (secondary N) is 1. The number of furan rings is 1. The van der Waals surface area contributed by atoms with Crippen molar-refractivity contribution in [1.82, 2.24) is 10.2 Å². The van der Waals surface area contributed by atoms with Crippen LogP contribution >= 0.6 is 0 Å². The summed E-state index contributed by atoms with van der Waals surface area (Å²) < 4.78 is 11.1. The van der Waals surface area contributed by atoms with Crippen LogP contribution in [0.15, 0.2) is 22.6 Å². The van der Waals surface area contributed by atoms with E-state index < -0.39 is 5.41 Å². The number of hydrogen-bond acceptors (Lipinski definition) is 4. The van der Waals surface area contributed by atoms with Gasteiger partial charge in [-0.1, -0.05) is 0 Å². The summed E-state index contributed by atoms with van der Waals surface area (Å²) in [5.41, 5.74) is 1.05. The first-order valence-corrected chi connectivity index (χ1v) is 8.69. The second-order valence-electron chi connectivity index (χ2n) is 7.03. The van der Waals surface area contributed by atoms with E-state index in [1.807, 2.05) is 19.1 Å². The molecule has 2 amide bonds. The highest BCUT2D eigenvalue weighted by molar-refractivity contribution is 5.99. The molecule has 1 aromatic carbocycles. The summed E-state index contributed by atoms with van der Waals surface area (Å²) in [4.78, 5) is 27.1. The van der Waals surface area contributed by atoms with E-state index in [1.165, 1.54) is 0 Å². The fraction of sp³-hybridized carbons (Fsp3) is 0.474. The molecule has 6 nitrogen and oxygen atoms in total. The molecule has 0 radical (unpaired) electrons. The molecular weight excluding hydrogens is 320 g/mol. The molecule has 6 heteroatoms. The number of carbonyl (C=O) groups excluding carboxylic acids is 2. The zero-order chi connectivity index (χ0) is 17.6. The monoisotopic (exact) mass is 342 g/mol. The van der Waals surface area contributed by atoms with E-state index in [0.717, 1.165) is 36.8 Å². The van der Waals surface area contributed by atoms with Gasteiger partial charge in [0.05, 0.1) is 12.5 Å². The number of nitrogens with zero attached hydrogens (tertiary/aromatic N) is 1. The molecule has 0 unspecified atom stereocenters. The maximum absolute atomic E-state index is 13.0. The van der Waals surface area contributed by atoms with E-state index in [9.17, 15) is 9.59 Å². The number of likely N-dealkylation sites (tertiary alicyclic amines) is 1. The Kier molecular flexibility index (Phi) is 3.71. The molecule has 4 rings (SSSR count). The lowest BCUT2D eigenvalue weighted by atomic mass is 9.79. The average molecular weight is 342 g/mol. The number of carbonyl (C=O) groups is 2. The second kappa shape index (κ2) is 5.79. The lowest BCUT2D eigenvalue weighted by Crippen LogP contribution is -2.47. The third-order valence-electron chi connectivity index (χ3n) is 5.58. The van der Waals surface area contributed by atoms with Crippen LogP contribution in [-0.4, -0.2) is 43.5 Å². The van der Waals surface area contributed by atoms with Gasteiger partial charge in [-0.25, -0.2) is 0 Å². The Morgan fingerprint density at radius 1 is 1.36 bits per heavy atom. The molecule has 1 aromatic heterocycles. The van der Waals surface area contributed by atoms with Gasteiger partial charge in [0.15, 0.2) is 5.76 Å². The predicted molar refractivity (Wildman–Crippen MR) is 92.7 cm³/mol. The topological polar surface area (TPSA) is 71.8 Å². The Morgan fingerprint density at radius 3 is 2.96 bits per heavy atom. The van der Waals surface area contributed by atoms with Gasteiger partial charge >= 0.3 is 0 Å². The number of rotatable bonds is 2. The standard InChI is InChI=1S/C19H22N2O4/c1-12-14-5-4-13(24-2)10-15(14)25-16(12)17(22)21-9-7-19(11-21)6-3-8-20-18(19)23/h4-5,10H,3,6-9,11H2,1-2H3,(H,20,23)/t19-/m0/s1. The van der Waals surface area contributed by atoms with Crippen molar-refractivity contribution < 1.29 is 18.7 Å². The van der Waals surface area contributed by atoms with Crippen molar-refractivity contribution in [3.8, 4) is 5.75 Å². The summed E-state index contributed by atoms with van der Waals surface area (Å²) in [6.07, 6.45) is 2.54. The Morgan fingerprint density at radius 2 is 2.20 bits per heavy atom. The Bertz CT molecular complexity index is 856. The lowest BCUT2D eigenvalue weighted by molar-refractivity contribution is -0.132. The summed E-state index contributed by atoms with van der Waals surface area (Å²) in [6, 6.07) is 5.55. The predicted octanol–water partition coefficient (Wildman–Crippen LogP) is 2.49. The molecule has 1 N–H and O–H groups in total. The molecule has 0 bridgehead atoms. The Hall–Kier alpha value is -2.50. The highest BCUT2D eigenvalue weighted by Gasteiger charge is 2.47.